The highest BCUT2D eigenvalue weighted by molar-refractivity contribution is 8.09. The molecule has 0 aromatic carbocycles. The Labute approximate surface area is 174 Å². The van der Waals surface area contributed by atoms with Crippen LogP contribution in [0.5, 0.6) is 0 Å². The zero-order chi connectivity index (χ0) is 22.5. The SMILES string of the molecule is CCOP(=S)(N=O)O[C@@H]1[C@@H](OCP(=O)(N=O)OC)O[C@@H](n2ccc(=O)[nH]c2=O)[C@@H]1C. The second-order valence-electron chi connectivity index (χ2n) is 6.01. The van der Waals surface area contributed by atoms with Gasteiger partial charge in [0, 0.05) is 35.2 Å². The topological polar surface area (TPSA) is 177 Å². The Balaban J connectivity index is 2.37. The third-order valence-corrected chi connectivity index (χ3v) is 7.46. The highest BCUT2D eigenvalue weighted by atomic mass is 32.5. The average molecular weight is 486 g/mol. The van der Waals surface area contributed by atoms with Crippen LogP contribution in [0.1, 0.15) is 20.1 Å². The van der Waals surface area contributed by atoms with E-state index in [1.807, 2.05) is 0 Å². The van der Waals surface area contributed by atoms with Crippen molar-refractivity contribution in [1.82, 2.24) is 9.55 Å². The van der Waals surface area contributed by atoms with E-state index in [0.717, 1.165) is 17.7 Å². The van der Waals surface area contributed by atoms with E-state index >= 15 is 0 Å². The second kappa shape index (κ2) is 10.2. The van der Waals surface area contributed by atoms with Gasteiger partial charge in [-0.1, -0.05) is 6.92 Å². The summed E-state index contributed by atoms with van der Waals surface area (Å²) in [5.74, 6) is -0.686. The quantitative estimate of drug-likeness (QED) is 0.357. The number of rotatable bonds is 11. The molecule has 6 atom stereocenters. The van der Waals surface area contributed by atoms with Crippen molar-refractivity contribution >= 4 is 26.0 Å². The molecule has 0 spiro atoms. The molecule has 2 heterocycles. The van der Waals surface area contributed by atoms with Gasteiger partial charge in [-0.2, -0.15) is 0 Å². The number of nitrogens with zero attached hydrogens (tertiary/aromatic N) is 3. The molecule has 0 amide bonds. The van der Waals surface area contributed by atoms with Crippen molar-refractivity contribution in [3.8, 4) is 0 Å². The van der Waals surface area contributed by atoms with Crippen LogP contribution in [0.3, 0.4) is 0 Å². The Morgan fingerprint density at radius 3 is 2.57 bits per heavy atom. The van der Waals surface area contributed by atoms with E-state index in [9.17, 15) is 24.0 Å². The van der Waals surface area contributed by atoms with Crippen molar-refractivity contribution in [3.63, 3.8) is 0 Å². The van der Waals surface area contributed by atoms with Gasteiger partial charge in [0.05, 0.1) is 6.61 Å². The van der Waals surface area contributed by atoms with Gasteiger partial charge in [-0.15, -0.1) is 9.81 Å². The predicted octanol–water partition coefficient (Wildman–Crippen LogP) is 2.02. The molecule has 1 N–H and O–H groups in total. The van der Waals surface area contributed by atoms with Crippen LogP contribution in [0.15, 0.2) is 31.7 Å². The van der Waals surface area contributed by atoms with Crippen LogP contribution in [0.2, 0.25) is 0 Å². The lowest BCUT2D eigenvalue weighted by atomic mass is 10.1. The van der Waals surface area contributed by atoms with Gasteiger partial charge in [-0.25, -0.2) is 4.79 Å². The van der Waals surface area contributed by atoms with Gasteiger partial charge in [0.1, 0.15) is 18.7 Å². The fraction of sp³-hybridized carbons (Fsp3) is 0.692. The van der Waals surface area contributed by atoms with E-state index in [2.05, 4.69) is 19.4 Å². The summed E-state index contributed by atoms with van der Waals surface area (Å²) in [5, 5.41) is 0. The molecule has 17 heteroatoms. The summed E-state index contributed by atoms with van der Waals surface area (Å²) in [6.45, 7) is -0.393. The van der Waals surface area contributed by atoms with Crippen molar-refractivity contribution in [3.05, 3.63) is 42.9 Å². The molecule has 2 unspecified atom stereocenters. The minimum absolute atomic E-state index is 0.0489. The van der Waals surface area contributed by atoms with Crippen LogP contribution in [0.4, 0.5) is 0 Å². The van der Waals surface area contributed by atoms with Crippen LogP contribution in [0.25, 0.3) is 0 Å². The summed E-state index contributed by atoms with van der Waals surface area (Å²) in [6.07, 6.45) is -3.05. The maximum Gasteiger partial charge on any atom is 0.377 e. The standard InChI is InChI=1S/C13H20N4O10P2S/c1-4-25-29(30,16-21)27-10-8(2)11(17-6-5-9(18)14-13(17)19)26-12(10)24-7-28(22,15-20)23-3/h5-6,8,10-12H,4,7H2,1-3H3,(H,14,18,19)/t8-,10+,11-,12+,28?,29?/m1/s1. The minimum Gasteiger partial charge on any atom is -0.338 e. The van der Waals surface area contributed by atoms with Crippen molar-refractivity contribution < 1.29 is 27.6 Å². The molecule has 0 bridgehead atoms. The zero-order valence-electron chi connectivity index (χ0n) is 16.1. The molecule has 1 saturated heterocycles. The zero-order valence-corrected chi connectivity index (χ0v) is 18.7. The predicted molar refractivity (Wildman–Crippen MR) is 107 cm³/mol. The Kier molecular flexibility index (Phi) is 8.48. The lowest BCUT2D eigenvalue weighted by Crippen LogP contribution is -2.34. The highest BCUT2D eigenvalue weighted by Crippen LogP contribution is 2.55. The first kappa shape index (κ1) is 24.8. The van der Waals surface area contributed by atoms with Crippen LogP contribution < -0.4 is 11.2 Å². The van der Waals surface area contributed by atoms with Gasteiger partial charge in [-0.3, -0.25) is 18.9 Å². The first-order valence-electron chi connectivity index (χ1n) is 8.48. The van der Waals surface area contributed by atoms with E-state index in [-0.39, 0.29) is 6.61 Å². The van der Waals surface area contributed by atoms with Crippen molar-refractivity contribution in [2.45, 2.75) is 32.5 Å². The Morgan fingerprint density at radius 1 is 1.33 bits per heavy atom. The fourth-order valence-electron chi connectivity index (χ4n) is 2.64. The largest absolute Gasteiger partial charge is 0.377 e. The maximum atomic E-state index is 12.2. The molecule has 1 aliphatic heterocycles. The Morgan fingerprint density at radius 2 is 2.03 bits per heavy atom. The van der Waals surface area contributed by atoms with Crippen LogP contribution in [-0.2, 0) is 39.4 Å². The molecule has 1 aliphatic rings. The normalized spacial score (nSPS) is 27.8. The summed E-state index contributed by atoms with van der Waals surface area (Å²) in [5.41, 5.74) is -1.38. The molecule has 0 aliphatic carbocycles. The Hall–Kier alpha value is -1.44. The third-order valence-electron chi connectivity index (χ3n) is 4.09. The van der Waals surface area contributed by atoms with Gasteiger partial charge >= 0.3 is 19.9 Å². The van der Waals surface area contributed by atoms with E-state index in [1.165, 1.54) is 6.20 Å². The molecule has 1 fully saturated rings. The lowest BCUT2D eigenvalue weighted by Gasteiger charge is -2.25. The number of nitrogens with one attached hydrogen (secondary N) is 1. The number of ether oxygens (including phenoxy) is 2. The number of aromatic amines is 1. The molecule has 30 heavy (non-hydrogen) atoms. The smallest absolute Gasteiger partial charge is 0.338 e. The van der Waals surface area contributed by atoms with Gasteiger partial charge in [0.15, 0.2) is 6.29 Å². The first-order chi connectivity index (χ1) is 14.1. The molecular weight excluding hydrogens is 466 g/mol. The summed E-state index contributed by atoms with van der Waals surface area (Å²) < 4.78 is 39.5. The van der Waals surface area contributed by atoms with Gasteiger partial charge in [0.25, 0.3) is 5.56 Å². The molecule has 14 nitrogen and oxygen atoms in total. The van der Waals surface area contributed by atoms with E-state index in [4.69, 9.17) is 30.3 Å². The van der Waals surface area contributed by atoms with Gasteiger partial charge in [0.2, 0.25) is 0 Å². The number of hydrogen-bond donors (Lipinski definition) is 1. The van der Waals surface area contributed by atoms with Gasteiger partial charge < -0.3 is 23.0 Å². The molecule has 1 aromatic rings. The highest BCUT2D eigenvalue weighted by Gasteiger charge is 2.48. The van der Waals surface area contributed by atoms with Crippen LogP contribution in [0, 0.1) is 15.7 Å². The summed E-state index contributed by atoms with van der Waals surface area (Å²) in [6, 6.07) is 1.11. The van der Waals surface area contributed by atoms with E-state index < -0.39 is 56.3 Å². The van der Waals surface area contributed by atoms with Gasteiger partial charge in [-0.05, 0) is 18.7 Å². The molecule has 0 radical (unpaired) electrons. The molecular formula is C13H20N4O10P2S. The number of aromatic nitrogens is 2. The summed E-state index contributed by atoms with van der Waals surface area (Å²) in [4.78, 5) is 52.8. The average Bonchev–Trinajstić information content (AvgIpc) is 3.01. The molecule has 168 valence electrons. The Bertz CT molecular complexity index is 983. The second-order valence-corrected chi connectivity index (χ2v) is 11.0. The van der Waals surface area contributed by atoms with E-state index in [1.54, 1.807) is 13.8 Å². The summed E-state index contributed by atoms with van der Waals surface area (Å²) in [7, 11) is -2.98. The van der Waals surface area contributed by atoms with Crippen LogP contribution in [-0.4, -0.2) is 42.0 Å². The van der Waals surface area contributed by atoms with Crippen molar-refractivity contribution in [2.75, 3.05) is 20.1 Å². The number of nitroso groups, excluding NO2 is 2. The van der Waals surface area contributed by atoms with Crippen molar-refractivity contribution in [1.29, 1.82) is 0 Å². The first-order valence-corrected chi connectivity index (χ1v) is 12.8. The van der Waals surface area contributed by atoms with Crippen molar-refractivity contribution in [2.24, 2.45) is 15.8 Å². The molecule has 2 rings (SSSR count). The molecule has 0 saturated carbocycles. The number of H-pyrrole nitrogens is 1. The third kappa shape index (κ3) is 5.62. The molecule has 1 aromatic heterocycles. The summed E-state index contributed by atoms with van der Waals surface area (Å²) >= 11 is 5.06. The fourth-order valence-corrected chi connectivity index (χ4v) is 4.88. The monoisotopic (exact) mass is 486 g/mol. The number of hydrogen-bond acceptors (Lipinski definition) is 11. The van der Waals surface area contributed by atoms with E-state index in [0.29, 0.717) is 0 Å². The lowest BCUT2D eigenvalue weighted by molar-refractivity contribution is -0.164. The van der Waals surface area contributed by atoms with Crippen LogP contribution >= 0.6 is 14.2 Å². The maximum absolute atomic E-state index is 12.2. The minimum atomic E-state index is -4.00.